The van der Waals surface area contributed by atoms with Gasteiger partial charge in [0.2, 0.25) is 5.89 Å². The second kappa shape index (κ2) is 4.52. The number of rotatable bonds is 4. The predicted octanol–water partition coefficient (Wildman–Crippen LogP) is 1.36. The van der Waals surface area contributed by atoms with Gasteiger partial charge in [-0.1, -0.05) is 11.2 Å². The van der Waals surface area contributed by atoms with Gasteiger partial charge in [-0.05, 0) is 12.1 Å². The van der Waals surface area contributed by atoms with Gasteiger partial charge in [0.15, 0.2) is 6.33 Å². The SMILES string of the molecule is O=C(O)c1cccc2c1ncn2CCc1ncno1. The molecule has 0 atom stereocenters. The van der Waals surface area contributed by atoms with Gasteiger partial charge in [-0.15, -0.1) is 0 Å². The summed E-state index contributed by atoms with van der Waals surface area (Å²) >= 11 is 0. The minimum atomic E-state index is -0.979. The summed E-state index contributed by atoms with van der Waals surface area (Å²) in [6, 6.07) is 5.08. The lowest BCUT2D eigenvalue weighted by molar-refractivity contribution is 0.0699. The molecule has 0 saturated carbocycles. The van der Waals surface area contributed by atoms with Gasteiger partial charge in [-0.25, -0.2) is 9.78 Å². The zero-order chi connectivity index (χ0) is 13.2. The summed E-state index contributed by atoms with van der Waals surface area (Å²) in [6.45, 7) is 0.599. The fraction of sp³-hybridized carbons (Fsp3) is 0.167. The van der Waals surface area contributed by atoms with E-state index in [1.165, 1.54) is 6.33 Å². The molecule has 7 nitrogen and oxygen atoms in total. The third kappa shape index (κ3) is 2.05. The number of hydrogen-bond donors (Lipinski definition) is 1. The monoisotopic (exact) mass is 258 g/mol. The number of imidazole rings is 1. The number of nitrogens with zero attached hydrogens (tertiary/aromatic N) is 4. The summed E-state index contributed by atoms with van der Waals surface area (Å²) in [5.74, 6) is -0.441. The van der Waals surface area contributed by atoms with Crippen molar-refractivity contribution in [3.8, 4) is 0 Å². The molecule has 0 fully saturated rings. The number of carbonyl (C=O) groups is 1. The number of para-hydroxylation sites is 1. The Balaban J connectivity index is 1.92. The van der Waals surface area contributed by atoms with Gasteiger partial charge in [-0.2, -0.15) is 4.98 Å². The fourth-order valence-electron chi connectivity index (χ4n) is 1.96. The van der Waals surface area contributed by atoms with Crippen molar-refractivity contribution in [1.82, 2.24) is 19.7 Å². The Kier molecular flexibility index (Phi) is 2.71. The summed E-state index contributed by atoms with van der Waals surface area (Å²) in [5.41, 5.74) is 1.47. The summed E-state index contributed by atoms with van der Waals surface area (Å²) in [4.78, 5) is 19.2. The van der Waals surface area contributed by atoms with Crippen molar-refractivity contribution >= 4 is 17.0 Å². The maximum Gasteiger partial charge on any atom is 0.337 e. The number of benzene rings is 1. The molecule has 0 aliphatic heterocycles. The molecule has 1 aromatic carbocycles. The Labute approximate surface area is 107 Å². The number of carboxylic acid groups (broad SMARTS) is 1. The molecule has 0 aliphatic carbocycles. The highest BCUT2D eigenvalue weighted by Gasteiger charge is 2.12. The van der Waals surface area contributed by atoms with Crippen molar-refractivity contribution in [2.75, 3.05) is 0 Å². The van der Waals surface area contributed by atoms with Gasteiger partial charge in [-0.3, -0.25) is 0 Å². The number of aromatic carboxylic acids is 1. The molecule has 0 spiro atoms. The van der Waals surface area contributed by atoms with E-state index in [4.69, 9.17) is 9.63 Å². The zero-order valence-electron chi connectivity index (χ0n) is 9.85. The van der Waals surface area contributed by atoms with Crippen LogP contribution in [-0.4, -0.2) is 30.8 Å². The molecule has 0 amide bonds. The van der Waals surface area contributed by atoms with Gasteiger partial charge >= 0.3 is 5.97 Å². The molecule has 0 unspecified atom stereocenters. The van der Waals surface area contributed by atoms with Crippen molar-refractivity contribution in [2.24, 2.45) is 0 Å². The molecule has 1 N–H and O–H groups in total. The van der Waals surface area contributed by atoms with Gasteiger partial charge in [0.05, 0.1) is 17.4 Å². The lowest BCUT2D eigenvalue weighted by atomic mass is 10.2. The van der Waals surface area contributed by atoms with Crippen LogP contribution in [0.5, 0.6) is 0 Å². The van der Waals surface area contributed by atoms with E-state index in [0.717, 1.165) is 5.52 Å². The van der Waals surface area contributed by atoms with Crippen molar-refractivity contribution < 1.29 is 14.4 Å². The topological polar surface area (TPSA) is 94.0 Å². The van der Waals surface area contributed by atoms with Crippen LogP contribution in [0.3, 0.4) is 0 Å². The summed E-state index contributed by atoms with van der Waals surface area (Å²) in [5, 5.41) is 12.6. The predicted molar refractivity (Wildman–Crippen MR) is 64.7 cm³/mol. The fourth-order valence-corrected chi connectivity index (χ4v) is 1.96. The van der Waals surface area contributed by atoms with Crippen LogP contribution in [0.4, 0.5) is 0 Å². The number of carboxylic acids is 1. The first-order valence-electron chi connectivity index (χ1n) is 5.68. The first-order valence-corrected chi connectivity index (χ1v) is 5.68. The van der Waals surface area contributed by atoms with E-state index in [-0.39, 0.29) is 5.56 Å². The van der Waals surface area contributed by atoms with E-state index < -0.39 is 5.97 Å². The van der Waals surface area contributed by atoms with E-state index in [0.29, 0.717) is 24.4 Å². The molecule has 3 rings (SSSR count). The number of aromatic nitrogens is 4. The minimum Gasteiger partial charge on any atom is -0.478 e. The molecule has 3 aromatic rings. The van der Waals surface area contributed by atoms with Crippen LogP contribution in [0.15, 0.2) is 35.4 Å². The Morgan fingerprint density at radius 1 is 1.37 bits per heavy atom. The van der Waals surface area contributed by atoms with Crippen LogP contribution < -0.4 is 0 Å². The molecule has 96 valence electrons. The van der Waals surface area contributed by atoms with E-state index in [2.05, 4.69) is 15.1 Å². The van der Waals surface area contributed by atoms with Crippen molar-refractivity contribution in [2.45, 2.75) is 13.0 Å². The summed E-state index contributed by atoms with van der Waals surface area (Å²) < 4.78 is 6.78. The minimum absolute atomic E-state index is 0.203. The number of fused-ring (bicyclic) bond motifs is 1. The first-order chi connectivity index (χ1) is 9.25. The van der Waals surface area contributed by atoms with Crippen LogP contribution in [0, 0.1) is 0 Å². The maximum atomic E-state index is 11.1. The molecule has 0 aliphatic rings. The Bertz CT molecular complexity index is 718. The van der Waals surface area contributed by atoms with Gasteiger partial charge in [0, 0.05) is 13.0 Å². The molecule has 0 bridgehead atoms. The molecule has 2 heterocycles. The highest BCUT2D eigenvalue weighted by atomic mass is 16.5. The smallest absolute Gasteiger partial charge is 0.337 e. The van der Waals surface area contributed by atoms with Gasteiger partial charge < -0.3 is 14.2 Å². The average molecular weight is 258 g/mol. The van der Waals surface area contributed by atoms with Gasteiger partial charge in [0.25, 0.3) is 0 Å². The first kappa shape index (κ1) is 11.4. The normalized spacial score (nSPS) is 10.9. The third-order valence-electron chi connectivity index (χ3n) is 2.85. The highest BCUT2D eigenvalue weighted by molar-refractivity contribution is 6.00. The number of aryl methyl sites for hydroxylation is 2. The average Bonchev–Trinajstić information content (AvgIpc) is 3.05. The zero-order valence-corrected chi connectivity index (χ0v) is 9.85. The molecule has 2 aromatic heterocycles. The lowest BCUT2D eigenvalue weighted by Gasteiger charge is -2.02. The second-order valence-electron chi connectivity index (χ2n) is 4.00. The summed E-state index contributed by atoms with van der Waals surface area (Å²) in [7, 11) is 0. The van der Waals surface area contributed by atoms with Crippen molar-refractivity contribution in [3.05, 3.63) is 42.3 Å². The van der Waals surface area contributed by atoms with Gasteiger partial charge in [0.1, 0.15) is 5.52 Å². The van der Waals surface area contributed by atoms with Crippen LogP contribution in [-0.2, 0) is 13.0 Å². The van der Waals surface area contributed by atoms with E-state index >= 15 is 0 Å². The molecular formula is C12H10N4O3. The highest BCUT2D eigenvalue weighted by Crippen LogP contribution is 2.17. The van der Waals surface area contributed by atoms with E-state index in [1.54, 1.807) is 18.5 Å². The lowest BCUT2D eigenvalue weighted by Crippen LogP contribution is -2.01. The molecular weight excluding hydrogens is 248 g/mol. The van der Waals surface area contributed by atoms with Crippen LogP contribution in [0.25, 0.3) is 11.0 Å². The quantitative estimate of drug-likeness (QED) is 0.759. The largest absolute Gasteiger partial charge is 0.478 e. The van der Waals surface area contributed by atoms with Crippen molar-refractivity contribution in [3.63, 3.8) is 0 Å². The van der Waals surface area contributed by atoms with Crippen LogP contribution >= 0.6 is 0 Å². The van der Waals surface area contributed by atoms with Crippen molar-refractivity contribution in [1.29, 1.82) is 0 Å². The van der Waals surface area contributed by atoms with E-state index in [9.17, 15) is 4.79 Å². The molecule has 19 heavy (non-hydrogen) atoms. The third-order valence-corrected chi connectivity index (χ3v) is 2.85. The van der Waals surface area contributed by atoms with Crippen LogP contribution in [0.2, 0.25) is 0 Å². The Hall–Kier alpha value is -2.70. The molecule has 0 radical (unpaired) electrons. The molecule has 0 saturated heterocycles. The Morgan fingerprint density at radius 2 is 2.26 bits per heavy atom. The number of hydrogen-bond acceptors (Lipinski definition) is 5. The van der Waals surface area contributed by atoms with E-state index in [1.807, 2.05) is 10.6 Å². The maximum absolute atomic E-state index is 11.1. The standard InChI is InChI=1S/C12H10N4O3/c17-12(18)8-2-1-3-9-11(8)14-7-16(9)5-4-10-13-6-15-19-10/h1-3,6-7H,4-5H2,(H,17,18). The molecule has 7 heteroatoms. The second-order valence-corrected chi connectivity index (χ2v) is 4.00. The van der Waals surface area contributed by atoms with Crippen LogP contribution in [0.1, 0.15) is 16.2 Å². The Morgan fingerprint density at radius 3 is 3.00 bits per heavy atom. The summed E-state index contributed by atoms with van der Waals surface area (Å²) in [6.07, 6.45) is 3.54.